The molecule has 156 valence electrons. The number of nitrogens with zero attached hydrogens (tertiary/aromatic N) is 2. The fourth-order valence-electron chi connectivity index (χ4n) is 4.27. The highest BCUT2D eigenvalue weighted by Gasteiger charge is 2.30. The van der Waals surface area contributed by atoms with Gasteiger partial charge in [-0.3, -0.25) is 9.59 Å². The molecule has 2 heterocycles. The van der Waals surface area contributed by atoms with E-state index in [0.717, 1.165) is 24.4 Å². The van der Waals surface area contributed by atoms with Crippen LogP contribution >= 0.6 is 11.8 Å². The molecule has 2 aromatic carbocycles. The Morgan fingerprint density at radius 3 is 2.53 bits per heavy atom. The first-order valence-electron chi connectivity index (χ1n) is 10.2. The minimum Gasteiger partial charge on any atom is -0.338 e. The molecule has 0 aromatic heterocycles. The van der Waals surface area contributed by atoms with Crippen LogP contribution in [0.25, 0.3) is 6.08 Å². The SMILES string of the molecule is C[C@H]1C[C@H](C)CN(C(=O)c2ccc3c(c2)N(C)C(=O)/C(=C/c2ccccc2F)S3)C1. The molecule has 2 atom stereocenters. The van der Waals surface area contributed by atoms with Crippen molar-refractivity contribution in [1.82, 2.24) is 4.90 Å². The summed E-state index contributed by atoms with van der Waals surface area (Å²) in [6.07, 6.45) is 2.72. The van der Waals surface area contributed by atoms with Crippen molar-refractivity contribution < 1.29 is 14.0 Å². The summed E-state index contributed by atoms with van der Waals surface area (Å²) in [5.41, 5.74) is 1.68. The van der Waals surface area contributed by atoms with E-state index in [-0.39, 0.29) is 17.6 Å². The highest BCUT2D eigenvalue weighted by Crippen LogP contribution is 2.42. The van der Waals surface area contributed by atoms with E-state index in [1.807, 2.05) is 17.0 Å². The van der Waals surface area contributed by atoms with Crippen LogP contribution in [0.2, 0.25) is 0 Å². The van der Waals surface area contributed by atoms with Crippen molar-refractivity contribution in [2.45, 2.75) is 25.2 Å². The van der Waals surface area contributed by atoms with Crippen molar-refractivity contribution in [3.8, 4) is 0 Å². The Hall–Kier alpha value is -2.60. The maximum Gasteiger partial charge on any atom is 0.264 e. The number of hydrogen-bond acceptors (Lipinski definition) is 3. The van der Waals surface area contributed by atoms with Gasteiger partial charge < -0.3 is 9.80 Å². The van der Waals surface area contributed by atoms with Gasteiger partial charge in [0.15, 0.2) is 0 Å². The summed E-state index contributed by atoms with van der Waals surface area (Å²) in [5.74, 6) is 0.413. The van der Waals surface area contributed by atoms with E-state index in [1.165, 1.54) is 22.7 Å². The summed E-state index contributed by atoms with van der Waals surface area (Å²) in [6.45, 7) is 5.88. The van der Waals surface area contributed by atoms with Crippen LogP contribution in [-0.4, -0.2) is 36.9 Å². The summed E-state index contributed by atoms with van der Waals surface area (Å²) < 4.78 is 14.0. The predicted molar refractivity (Wildman–Crippen MR) is 119 cm³/mol. The first-order chi connectivity index (χ1) is 14.3. The molecule has 6 heteroatoms. The largest absolute Gasteiger partial charge is 0.338 e. The normalized spacial score (nSPS) is 22.9. The number of benzene rings is 2. The number of halogens is 1. The van der Waals surface area contributed by atoms with Crippen LogP contribution in [-0.2, 0) is 4.79 Å². The molecule has 0 aliphatic carbocycles. The topological polar surface area (TPSA) is 40.6 Å². The second kappa shape index (κ2) is 8.26. The number of piperidine rings is 1. The second-order valence-electron chi connectivity index (χ2n) is 8.34. The maximum absolute atomic E-state index is 14.0. The third-order valence-corrected chi connectivity index (χ3v) is 6.73. The van der Waals surface area contributed by atoms with Crippen molar-refractivity contribution >= 4 is 35.3 Å². The number of fused-ring (bicyclic) bond motifs is 1. The number of anilines is 1. The van der Waals surface area contributed by atoms with Crippen molar-refractivity contribution in [2.24, 2.45) is 11.8 Å². The predicted octanol–water partition coefficient (Wildman–Crippen LogP) is 5.05. The van der Waals surface area contributed by atoms with Gasteiger partial charge in [0.05, 0.1) is 10.6 Å². The summed E-state index contributed by atoms with van der Waals surface area (Å²) in [7, 11) is 1.69. The first kappa shape index (κ1) is 20.7. The number of likely N-dealkylation sites (tertiary alicyclic amines) is 1. The minimum absolute atomic E-state index is 0.00902. The number of hydrogen-bond donors (Lipinski definition) is 0. The molecule has 4 rings (SSSR count). The molecular formula is C24H25FN2O2S. The number of thioether (sulfide) groups is 1. The lowest BCUT2D eigenvalue weighted by Gasteiger charge is -2.35. The van der Waals surface area contributed by atoms with E-state index in [1.54, 1.807) is 37.4 Å². The molecule has 2 aromatic rings. The average Bonchev–Trinajstić information content (AvgIpc) is 2.72. The molecule has 0 spiro atoms. The molecule has 0 saturated carbocycles. The van der Waals surface area contributed by atoms with Gasteiger partial charge in [-0.2, -0.15) is 0 Å². The Morgan fingerprint density at radius 2 is 1.83 bits per heavy atom. The molecule has 0 bridgehead atoms. The highest BCUT2D eigenvalue weighted by atomic mass is 32.2. The fraction of sp³-hybridized carbons (Fsp3) is 0.333. The zero-order valence-corrected chi connectivity index (χ0v) is 18.2. The summed E-state index contributed by atoms with van der Waals surface area (Å²) in [5, 5.41) is 0. The summed E-state index contributed by atoms with van der Waals surface area (Å²) >= 11 is 1.31. The fourth-order valence-corrected chi connectivity index (χ4v) is 5.36. The van der Waals surface area contributed by atoms with Gasteiger partial charge in [-0.15, -0.1) is 0 Å². The van der Waals surface area contributed by atoms with Crippen LogP contribution in [0, 0.1) is 17.7 Å². The lowest BCUT2D eigenvalue weighted by Crippen LogP contribution is -2.42. The van der Waals surface area contributed by atoms with E-state index in [4.69, 9.17) is 0 Å². The molecule has 0 radical (unpaired) electrons. The number of carbonyl (C=O) groups excluding carboxylic acids is 2. The minimum atomic E-state index is -0.363. The third-order valence-electron chi connectivity index (χ3n) is 5.65. The molecule has 1 fully saturated rings. The van der Waals surface area contributed by atoms with Gasteiger partial charge in [-0.1, -0.05) is 43.8 Å². The van der Waals surface area contributed by atoms with E-state index in [2.05, 4.69) is 13.8 Å². The van der Waals surface area contributed by atoms with E-state index in [9.17, 15) is 14.0 Å². The Morgan fingerprint density at radius 1 is 1.13 bits per heavy atom. The molecule has 4 nitrogen and oxygen atoms in total. The van der Waals surface area contributed by atoms with Gasteiger partial charge in [0.25, 0.3) is 11.8 Å². The van der Waals surface area contributed by atoms with Gasteiger partial charge in [-0.25, -0.2) is 4.39 Å². The third kappa shape index (κ3) is 4.01. The zero-order chi connectivity index (χ0) is 21.4. The van der Waals surface area contributed by atoms with Crippen LogP contribution in [0.5, 0.6) is 0 Å². The van der Waals surface area contributed by atoms with Crippen LogP contribution < -0.4 is 4.90 Å². The molecule has 0 N–H and O–H groups in total. The average molecular weight is 425 g/mol. The van der Waals surface area contributed by atoms with Gasteiger partial charge in [0, 0.05) is 36.2 Å². The van der Waals surface area contributed by atoms with Crippen LogP contribution in [0.4, 0.5) is 10.1 Å². The number of amides is 2. The quantitative estimate of drug-likeness (QED) is 0.633. The van der Waals surface area contributed by atoms with Crippen molar-refractivity contribution in [1.29, 1.82) is 0 Å². The number of carbonyl (C=O) groups is 2. The van der Waals surface area contributed by atoms with E-state index >= 15 is 0 Å². The second-order valence-corrected chi connectivity index (χ2v) is 9.42. The standard InChI is InChI=1S/C24H25FN2O2S/c1-15-10-16(2)14-27(13-15)23(28)18-8-9-21-20(11-18)26(3)24(29)22(30-21)12-17-6-4-5-7-19(17)25/h4-9,11-12,15-16H,10,13-14H2,1-3H3/b22-12-/t15-,16-/m0/s1. The first-order valence-corrected chi connectivity index (χ1v) is 11.0. The molecule has 2 amide bonds. The Kier molecular flexibility index (Phi) is 5.69. The van der Waals surface area contributed by atoms with Crippen molar-refractivity contribution in [3.05, 3.63) is 64.3 Å². The van der Waals surface area contributed by atoms with Gasteiger partial charge >= 0.3 is 0 Å². The summed E-state index contributed by atoms with van der Waals surface area (Å²) in [4.78, 5) is 30.7. The Bertz CT molecular complexity index is 1030. The molecule has 2 aliphatic rings. The van der Waals surface area contributed by atoms with Crippen LogP contribution in [0.1, 0.15) is 36.2 Å². The van der Waals surface area contributed by atoms with Gasteiger partial charge in [0.2, 0.25) is 0 Å². The zero-order valence-electron chi connectivity index (χ0n) is 17.4. The molecule has 30 heavy (non-hydrogen) atoms. The number of rotatable bonds is 2. The van der Waals surface area contributed by atoms with Crippen LogP contribution in [0.15, 0.2) is 52.3 Å². The van der Waals surface area contributed by atoms with E-state index in [0.29, 0.717) is 33.6 Å². The molecule has 1 saturated heterocycles. The monoisotopic (exact) mass is 424 g/mol. The van der Waals surface area contributed by atoms with Crippen LogP contribution in [0.3, 0.4) is 0 Å². The summed E-state index contributed by atoms with van der Waals surface area (Å²) in [6, 6.07) is 11.9. The smallest absolute Gasteiger partial charge is 0.264 e. The molecular weight excluding hydrogens is 399 g/mol. The van der Waals surface area contributed by atoms with E-state index < -0.39 is 0 Å². The number of likely N-dealkylation sites (N-methyl/N-ethyl adjacent to an activating group) is 1. The molecule has 0 unspecified atom stereocenters. The van der Waals surface area contributed by atoms with Crippen molar-refractivity contribution in [3.63, 3.8) is 0 Å². The lowest BCUT2D eigenvalue weighted by molar-refractivity contribution is -0.114. The highest BCUT2D eigenvalue weighted by molar-refractivity contribution is 8.04. The van der Waals surface area contributed by atoms with Gasteiger partial charge in [-0.05, 0) is 48.6 Å². The Labute approximate surface area is 180 Å². The van der Waals surface area contributed by atoms with Gasteiger partial charge in [0.1, 0.15) is 5.82 Å². The molecule has 2 aliphatic heterocycles. The van der Waals surface area contributed by atoms with Crippen molar-refractivity contribution in [2.75, 3.05) is 25.0 Å². The lowest BCUT2D eigenvalue weighted by atomic mass is 9.91. The maximum atomic E-state index is 14.0. The Balaban J connectivity index is 1.62.